The number of fused-ring (bicyclic) bond motifs is 1. The molecule has 7 heteroatoms. The minimum Gasteiger partial charge on any atom is -0.365 e. The molecule has 0 unspecified atom stereocenters. The average molecular weight is 429 g/mol. The van der Waals surface area contributed by atoms with Crippen LogP contribution in [0.2, 0.25) is 5.28 Å². The number of thiophene rings is 1. The Morgan fingerprint density at radius 2 is 1.86 bits per heavy atom. The van der Waals surface area contributed by atoms with E-state index in [9.17, 15) is 4.79 Å². The lowest BCUT2D eigenvalue weighted by Crippen LogP contribution is -2.34. The second-order valence-electron chi connectivity index (χ2n) is 7.63. The van der Waals surface area contributed by atoms with Crippen molar-refractivity contribution < 1.29 is 4.79 Å². The number of carbonyl (C=O) groups is 1. The maximum atomic E-state index is 12.5. The topological polar surface area (TPSA) is 66.9 Å². The maximum absolute atomic E-state index is 12.5. The minimum absolute atomic E-state index is 0.0226. The highest BCUT2D eigenvalue weighted by molar-refractivity contribution is 7.18. The van der Waals surface area contributed by atoms with Gasteiger partial charge in [-0.25, -0.2) is 9.97 Å². The van der Waals surface area contributed by atoms with E-state index in [1.165, 1.54) is 30.6 Å². The molecule has 4 rings (SSSR count). The van der Waals surface area contributed by atoms with E-state index in [0.717, 1.165) is 34.4 Å². The molecular weight excluding hydrogens is 404 g/mol. The van der Waals surface area contributed by atoms with Crippen molar-refractivity contribution in [3.05, 3.63) is 51.6 Å². The van der Waals surface area contributed by atoms with Gasteiger partial charge < -0.3 is 10.6 Å². The molecule has 0 saturated heterocycles. The van der Waals surface area contributed by atoms with Crippen molar-refractivity contribution in [2.24, 2.45) is 0 Å². The number of rotatable bonds is 5. The molecule has 2 N–H and O–H groups in total. The summed E-state index contributed by atoms with van der Waals surface area (Å²) in [5.41, 5.74) is 1.78. The highest BCUT2D eigenvalue weighted by atomic mass is 35.5. The Hall–Kier alpha value is -2.18. The monoisotopic (exact) mass is 428 g/mol. The highest BCUT2D eigenvalue weighted by Crippen LogP contribution is 2.29. The van der Waals surface area contributed by atoms with Crippen molar-refractivity contribution in [2.45, 2.75) is 58.0 Å². The van der Waals surface area contributed by atoms with E-state index in [0.29, 0.717) is 18.2 Å². The Labute approximate surface area is 179 Å². The first kappa shape index (κ1) is 20.1. The summed E-state index contributed by atoms with van der Waals surface area (Å²) in [5.74, 6) is 0.758. The van der Waals surface area contributed by atoms with Crippen molar-refractivity contribution >= 4 is 44.9 Å². The second-order valence-corrected chi connectivity index (χ2v) is 9.20. The third-order valence-corrected chi connectivity index (χ3v) is 6.47. The first-order valence-corrected chi connectivity index (χ1v) is 11.4. The molecule has 0 radical (unpaired) electrons. The summed E-state index contributed by atoms with van der Waals surface area (Å²) in [7, 11) is 0. The molecule has 0 spiro atoms. The second kappa shape index (κ2) is 9.09. The SMILES string of the molecule is Cc1cc2c(NCc3ccc(C(=O)NC4CCCCCC4)cc3)nc(Cl)nc2s1. The Morgan fingerprint density at radius 1 is 1.14 bits per heavy atom. The van der Waals surface area contributed by atoms with E-state index in [2.05, 4.69) is 26.7 Å². The number of benzene rings is 1. The number of hydrogen-bond acceptors (Lipinski definition) is 5. The summed E-state index contributed by atoms with van der Waals surface area (Å²) in [6.07, 6.45) is 7.16. The zero-order valence-electron chi connectivity index (χ0n) is 16.5. The average Bonchev–Trinajstić information content (AvgIpc) is 2.90. The number of aromatic nitrogens is 2. The first-order valence-electron chi connectivity index (χ1n) is 10.2. The van der Waals surface area contributed by atoms with Crippen molar-refractivity contribution in [3.63, 3.8) is 0 Å². The van der Waals surface area contributed by atoms with Crippen LogP contribution in [0, 0.1) is 6.92 Å². The predicted molar refractivity (Wildman–Crippen MR) is 120 cm³/mol. The van der Waals surface area contributed by atoms with Crippen LogP contribution >= 0.6 is 22.9 Å². The van der Waals surface area contributed by atoms with Crippen LogP contribution in [0.5, 0.6) is 0 Å². The molecule has 0 atom stereocenters. The number of carbonyl (C=O) groups excluding carboxylic acids is 1. The molecule has 1 saturated carbocycles. The number of nitrogens with zero attached hydrogens (tertiary/aromatic N) is 2. The number of amides is 1. The quantitative estimate of drug-likeness (QED) is 0.403. The lowest BCUT2D eigenvalue weighted by Gasteiger charge is -2.16. The van der Waals surface area contributed by atoms with Gasteiger partial charge in [0.25, 0.3) is 5.91 Å². The fraction of sp³-hybridized carbons (Fsp3) is 0.409. The number of nitrogens with one attached hydrogen (secondary N) is 2. The third kappa shape index (κ3) is 5.06. The fourth-order valence-electron chi connectivity index (χ4n) is 3.80. The third-order valence-electron chi connectivity index (χ3n) is 5.36. The van der Waals surface area contributed by atoms with E-state index >= 15 is 0 Å². The molecule has 0 bridgehead atoms. The van der Waals surface area contributed by atoms with Crippen LogP contribution in [0.15, 0.2) is 30.3 Å². The van der Waals surface area contributed by atoms with Crippen LogP contribution in [-0.4, -0.2) is 21.9 Å². The largest absolute Gasteiger partial charge is 0.365 e. The smallest absolute Gasteiger partial charge is 0.251 e. The molecule has 2 heterocycles. The molecule has 1 aliphatic carbocycles. The number of aryl methyl sites for hydroxylation is 1. The summed E-state index contributed by atoms with van der Waals surface area (Å²) in [6.45, 7) is 2.64. The molecule has 3 aromatic rings. The Kier molecular flexibility index (Phi) is 6.31. The molecule has 2 aromatic heterocycles. The van der Waals surface area contributed by atoms with Gasteiger partial charge in [-0.3, -0.25) is 4.79 Å². The Balaban J connectivity index is 1.39. The van der Waals surface area contributed by atoms with Gasteiger partial charge in [-0.05, 0) is 55.1 Å². The standard InChI is InChI=1S/C22H25ClN4OS/c1-14-12-18-19(26-22(23)27-21(18)29-14)24-13-15-8-10-16(11-9-15)20(28)25-17-6-4-2-3-5-7-17/h8-12,17H,2-7,13H2,1H3,(H,25,28)(H,24,26,27). The van der Waals surface area contributed by atoms with Gasteiger partial charge >= 0.3 is 0 Å². The highest BCUT2D eigenvalue weighted by Gasteiger charge is 2.16. The predicted octanol–water partition coefficient (Wildman–Crippen LogP) is 5.72. The van der Waals surface area contributed by atoms with Crippen molar-refractivity contribution in [1.29, 1.82) is 0 Å². The van der Waals surface area contributed by atoms with Gasteiger partial charge in [-0.1, -0.05) is 37.8 Å². The summed E-state index contributed by atoms with van der Waals surface area (Å²) in [5, 5.41) is 7.77. The minimum atomic E-state index is 0.0226. The van der Waals surface area contributed by atoms with Gasteiger partial charge in [0.15, 0.2) is 0 Å². The molecular formula is C22H25ClN4OS. The number of hydrogen-bond donors (Lipinski definition) is 2. The zero-order chi connectivity index (χ0) is 20.2. The van der Waals surface area contributed by atoms with E-state index < -0.39 is 0 Å². The van der Waals surface area contributed by atoms with E-state index in [-0.39, 0.29) is 11.2 Å². The molecule has 152 valence electrons. The summed E-state index contributed by atoms with van der Waals surface area (Å²) in [4.78, 5) is 23.2. The van der Waals surface area contributed by atoms with Crippen molar-refractivity contribution in [2.75, 3.05) is 5.32 Å². The maximum Gasteiger partial charge on any atom is 0.251 e. The Bertz CT molecular complexity index is 994. The summed E-state index contributed by atoms with van der Waals surface area (Å²) in [6, 6.07) is 10.1. The van der Waals surface area contributed by atoms with Gasteiger partial charge in [0.1, 0.15) is 10.6 Å². The number of halogens is 1. The van der Waals surface area contributed by atoms with Crippen molar-refractivity contribution in [3.8, 4) is 0 Å². The van der Waals surface area contributed by atoms with Gasteiger partial charge in [0.05, 0.1) is 5.39 Å². The first-order chi connectivity index (χ1) is 14.1. The summed E-state index contributed by atoms with van der Waals surface area (Å²) >= 11 is 7.66. The molecule has 1 aliphatic rings. The molecule has 1 fully saturated rings. The van der Waals surface area contributed by atoms with Gasteiger partial charge in [-0.2, -0.15) is 0 Å². The van der Waals surface area contributed by atoms with Crippen LogP contribution < -0.4 is 10.6 Å². The molecule has 1 amide bonds. The normalized spacial score (nSPS) is 15.2. The zero-order valence-corrected chi connectivity index (χ0v) is 18.1. The van der Waals surface area contributed by atoms with Crippen LogP contribution in [0.4, 0.5) is 5.82 Å². The molecule has 5 nitrogen and oxygen atoms in total. The fourth-order valence-corrected chi connectivity index (χ4v) is 4.90. The lowest BCUT2D eigenvalue weighted by atomic mass is 10.1. The van der Waals surface area contributed by atoms with Gasteiger partial charge in [-0.15, -0.1) is 11.3 Å². The molecule has 0 aliphatic heterocycles. The molecule has 1 aromatic carbocycles. The van der Waals surface area contributed by atoms with Crippen LogP contribution in [0.3, 0.4) is 0 Å². The van der Waals surface area contributed by atoms with Crippen LogP contribution in [-0.2, 0) is 6.54 Å². The van der Waals surface area contributed by atoms with E-state index in [1.54, 1.807) is 11.3 Å². The number of anilines is 1. The molecule has 29 heavy (non-hydrogen) atoms. The van der Waals surface area contributed by atoms with Crippen molar-refractivity contribution in [1.82, 2.24) is 15.3 Å². The van der Waals surface area contributed by atoms with Gasteiger partial charge in [0.2, 0.25) is 5.28 Å². The van der Waals surface area contributed by atoms with E-state index in [4.69, 9.17) is 11.6 Å². The van der Waals surface area contributed by atoms with Crippen LogP contribution in [0.25, 0.3) is 10.2 Å². The van der Waals surface area contributed by atoms with Crippen LogP contribution in [0.1, 0.15) is 59.3 Å². The van der Waals surface area contributed by atoms with Gasteiger partial charge in [0, 0.05) is 23.0 Å². The Morgan fingerprint density at radius 3 is 2.59 bits per heavy atom. The van der Waals surface area contributed by atoms with E-state index in [1.807, 2.05) is 31.2 Å². The lowest BCUT2D eigenvalue weighted by molar-refractivity contribution is 0.0933. The summed E-state index contributed by atoms with van der Waals surface area (Å²) < 4.78 is 0.